The molecule has 0 saturated carbocycles. The zero-order valence-electron chi connectivity index (χ0n) is 17.1. The number of aromatic nitrogens is 6. The van der Waals surface area contributed by atoms with E-state index in [1.54, 1.807) is 30.6 Å². The van der Waals surface area contributed by atoms with Crippen LogP contribution in [0.4, 0.5) is 5.82 Å². The largest absolute Gasteiger partial charge is 0.464 e. The molecule has 0 aromatic carbocycles. The Bertz CT molecular complexity index is 1230. The summed E-state index contributed by atoms with van der Waals surface area (Å²) in [6.07, 6.45) is 5.83. The van der Waals surface area contributed by atoms with Crippen LogP contribution in [0.2, 0.25) is 5.02 Å². The van der Waals surface area contributed by atoms with E-state index in [0.717, 1.165) is 5.56 Å². The van der Waals surface area contributed by atoms with E-state index in [0.29, 0.717) is 34.1 Å². The highest BCUT2D eigenvalue weighted by Gasteiger charge is 2.24. The first kappa shape index (κ1) is 21.6. The van der Waals surface area contributed by atoms with Crippen molar-refractivity contribution in [2.45, 2.75) is 25.9 Å². The second-order valence-electron chi connectivity index (χ2n) is 6.96. The molecule has 0 aliphatic rings. The number of pyridine rings is 2. The molecule has 10 nitrogen and oxygen atoms in total. The van der Waals surface area contributed by atoms with Crippen LogP contribution in [0.5, 0.6) is 5.88 Å². The molecule has 32 heavy (non-hydrogen) atoms. The van der Waals surface area contributed by atoms with E-state index in [4.69, 9.17) is 16.3 Å². The number of anilines is 1. The Morgan fingerprint density at radius 2 is 2.09 bits per heavy atom. The van der Waals surface area contributed by atoms with Crippen LogP contribution < -0.4 is 10.1 Å². The predicted molar refractivity (Wildman–Crippen MR) is 118 cm³/mol. The third-order valence-electron chi connectivity index (χ3n) is 4.60. The first-order valence-corrected chi connectivity index (χ1v) is 10.3. The lowest BCUT2D eigenvalue weighted by molar-refractivity contribution is -0.123. The van der Waals surface area contributed by atoms with Crippen molar-refractivity contribution in [2.75, 3.05) is 11.9 Å². The molecule has 0 fully saturated rings. The van der Waals surface area contributed by atoms with Gasteiger partial charge in [-0.2, -0.15) is 9.78 Å². The molecule has 4 rings (SSSR count). The molecule has 164 valence electrons. The molecular formula is C21H20ClN7O3. The average Bonchev–Trinajstić information content (AvgIpc) is 3.23. The highest BCUT2D eigenvalue weighted by atomic mass is 35.5. The molecule has 0 saturated heterocycles. The number of nitrogens with one attached hydrogen (secondary N) is 1. The molecule has 0 unspecified atom stereocenters. The van der Waals surface area contributed by atoms with E-state index in [1.165, 1.54) is 17.2 Å². The number of amides is 1. The van der Waals surface area contributed by atoms with E-state index in [-0.39, 0.29) is 18.9 Å². The number of hydrogen-bond acceptors (Lipinski definition) is 8. The van der Waals surface area contributed by atoms with Crippen LogP contribution in [0.25, 0.3) is 16.9 Å². The molecule has 0 radical (unpaired) electrons. The van der Waals surface area contributed by atoms with Gasteiger partial charge in [-0.05, 0) is 43.5 Å². The van der Waals surface area contributed by atoms with E-state index >= 15 is 0 Å². The Kier molecular flexibility index (Phi) is 6.52. The summed E-state index contributed by atoms with van der Waals surface area (Å²) >= 11 is 6.25. The van der Waals surface area contributed by atoms with E-state index < -0.39 is 12.0 Å². The second-order valence-corrected chi connectivity index (χ2v) is 7.37. The van der Waals surface area contributed by atoms with E-state index in [2.05, 4.69) is 30.4 Å². The average molecular weight is 454 g/mol. The SMILES string of the molecule is Cc1ccc(NC(=O)[C@@H](CCCO)Oc2ncnc3c2cnn3-c2ncccc2Cl)nc1. The summed E-state index contributed by atoms with van der Waals surface area (Å²) in [5, 5.41) is 17.2. The summed E-state index contributed by atoms with van der Waals surface area (Å²) in [7, 11) is 0. The standard InChI is InChI=1S/C21H20ClN7O3/c1-13-6-7-17(24-10-13)28-20(31)16(5-3-9-30)32-21-14-11-27-29(18(14)25-12-26-21)19-15(22)4-2-8-23-19/h2,4,6-8,10-12,16,30H,3,5,9H2,1H3,(H,24,28,31)/t16-/m1/s1. The van der Waals surface area contributed by atoms with Crippen LogP contribution in [-0.2, 0) is 4.79 Å². The number of aryl methyl sites for hydroxylation is 1. The summed E-state index contributed by atoms with van der Waals surface area (Å²) in [5.74, 6) is 0.600. The molecule has 11 heteroatoms. The Hall–Kier alpha value is -3.63. The van der Waals surface area contributed by atoms with Crippen molar-refractivity contribution in [1.82, 2.24) is 29.7 Å². The number of fused-ring (bicyclic) bond motifs is 1. The highest BCUT2D eigenvalue weighted by Crippen LogP contribution is 2.26. The van der Waals surface area contributed by atoms with Gasteiger partial charge in [0.05, 0.1) is 11.2 Å². The molecule has 0 aliphatic heterocycles. The maximum atomic E-state index is 12.9. The van der Waals surface area contributed by atoms with Gasteiger partial charge in [-0.1, -0.05) is 17.7 Å². The van der Waals surface area contributed by atoms with Gasteiger partial charge in [-0.15, -0.1) is 0 Å². The van der Waals surface area contributed by atoms with Gasteiger partial charge in [0.1, 0.15) is 17.5 Å². The predicted octanol–water partition coefficient (Wildman–Crippen LogP) is 2.73. The maximum Gasteiger partial charge on any atom is 0.266 e. The maximum absolute atomic E-state index is 12.9. The number of rotatable bonds is 8. The van der Waals surface area contributed by atoms with Crippen molar-refractivity contribution in [1.29, 1.82) is 0 Å². The molecule has 4 aromatic rings. The van der Waals surface area contributed by atoms with E-state index in [1.807, 2.05) is 13.0 Å². The van der Waals surface area contributed by atoms with Crippen LogP contribution in [0.1, 0.15) is 18.4 Å². The molecule has 4 aromatic heterocycles. The smallest absolute Gasteiger partial charge is 0.266 e. The Morgan fingerprint density at radius 1 is 1.22 bits per heavy atom. The lowest BCUT2D eigenvalue weighted by Crippen LogP contribution is -2.33. The fourth-order valence-electron chi connectivity index (χ4n) is 3.01. The van der Waals surface area contributed by atoms with Crippen LogP contribution >= 0.6 is 11.6 Å². The van der Waals surface area contributed by atoms with Gasteiger partial charge in [-0.25, -0.2) is 19.9 Å². The molecule has 1 amide bonds. The summed E-state index contributed by atoms with van der Waals surface area (Å²) < 4.78 is 7.44. The Balaban J connectivity index is 1.62. The summed E-state index contributed by atoms with van der Waals surface area (Å²) in [6.45, 7) is 1.83. The van der Waals surface area contributed by atoms with Crippen molar-refractivity contribution >= 4 is 34.4 Å². The van der Waals surface area contributed by atoms with Crippen molar-refractivity contribution in [3.05, 3.63) is 59.8 Å². The number of aliphatic hydroxyl groups excluding tert-OH is 1. The number of carbonyl (C=O) groups is 1. The Labute approximate surface area is 188 Å². The van der Waals surface area contributed by atoms with E-state index in [9.17, 15) is 9.90 Å². The van der Waals surface area contributed by atoms with Gasteiger partial charge in [0.2, 0.25) is 5.88 Å². The first-order chi connectivity index (χ1) is 15.6. The van der Waals surface area contributed by atoms with Gasteiger partial charge < -0.3 is 15.2 Å². The fraction of sp³-hybridized carbons (Fsp3) is 0.238. The third kappa shape index (κ3) is 4.66. The highest BCUT2D eigenvalue weighted by molar-refractivity contribution is 6.32. The molecule has 4 heterocycles. The minimum Gasteiger partial charge on any atom is -0.464 e. The van der Waals surface area contributed by atoms with Crippen LogP contribution in [0.3, 0.4) is 0 Å². The van der Waals surface area contributed by atoms with Crippen LogP contribution in [0, 0.1) is 6.92 Å². The number of carbonyl (C=O) groups excluding carboxylic acids is 1. The monoisotopic (exact) mass is 453 g/mol. The van der Waals surface area contributed by atoms with Crippen molar-refractivity contribution < 1.29 is 14.6 Å². The molecule has 0 spiro atoms. The van der Waals surface area contributed by atoms with Gasteiger partial charge >= 0.3 is 0 Å². The lowest BCUT2D eigenvalue weighted by atomic mass is 10.2. The van der Waals surface area contributed by atoms with Crippen molar-refractivity contribution in [3.63, 3.8) is 0 Å². The summed E-state index contributed by atoms with van der Waals surface area (Å²) in [6, 6.07) is 6.97. The number of ether oxygens (including phenoxy) is 1. The molecule has 2 N–H and O–H groups in total. The third-order valence-corrected chi connectivity index (χ3v) is 4.90. The first-order valence-electron chi connectivity index (χ1n) is 9.87. The lowest BCUT2D eigenvalue weighted by Gasteiger charge is -2.18. The molecule has 0 aliphatic carbocycles. The van der Waals surface area contributed by atoms with Crippen molar-refractivity contribution in [3.8, 4) is 11.7 Å². The number of nitrogens with zero attached hydrogens (tertiary/aromatic N) is 6. The summed E-state index contributed by atoms with van der Waals surface area (Å²) in [5.41, 5.74) is 1.40. The Morgan fingerprint density at radius 3 is 2.84 bits per heavy atom. The van der Waals surface area contributed by atoms with Gasteiger partial charge in [0, 0.05) is 19.0 Å². The minimum absolute atomic E-state index is 0.0782. The summed E-state index contributed by atoms with van der Waals surface area (Å²) in [4.78, 5) is 29.8. The molecule has 0 bridgehead atoms. The second kappa shape index (κ2) is 9.67. The van der Waals surface area contributed by atoms with Gasteiger partial charge in [0.25, 0.3) is 5.91 Å². The zero-order valence-corrected chi connectivity index (χ0v) is 17.9. The van der Waals surface area contributed by atoms with Crippen LogP contribution in [-0.4, -0.2) is 53.4 Å². The molecule has 1 atom stereocenters. The fourth-order valence-corrected chi connectivity index (χ4v) is 3.21. The minimum atomic E-state index is -0.912. The number of aliphatic hydroxyl groups is 1. The number of hydrogen-bond donors (Lipinski definition) is 2. The van der Waals surface area contributed by atoms with Crippen LogP contribution in [0.15, 0.2) is 49.2 Å². The topological polar surface area (TPSA) is 128 Å². The quantitative estimate of drug-likeness (QED) is 0.416. The number of halogens is 1. The van der Waals surface area contributed by atoms with Gasteiger partial charge in [0.15, 0.2) is 17.6 Å². The van der Waals surface area contributed by atoms with Gasteiger partial charge in [-0.3, -0.25) is 4.79 Å². The zero-order chi connectivity index (χ0) is 22.5. The van der Waals surface area contributed by atoms with Crippen molar-refractivity contribution in [2.24, 2.45) is 0 Å². The normalized spacial score (nSPS) is 12.0. The molecular weight excluding hydrogens is 434 g/mol.